The van der Waals surface area contributed by atoms with Crippen molar-refractivity contribution in [2.45, 2.75) is 170 Å². The second-order valence-electron chi connectivity index (χ2n) is 15.3. The van der Waals surface area contributed by atoms with E-state index >= 15 is 0 Å². The van der Waals surface area contributed by atoms with Crippen molar-refractivity contribution >= 4 is 10.2 Å². The number of esters is 1. The van der Waals surface area contributed by atoms with Gasteiger partial charge in [0.2, 0.25) is 0 Å². The number of hydrogen-bond donors (Lipinski definition) is 2. The Balaban J connectivity index is 0.00000142. The summed E-state index contributed by atoms with van der Waals surface area (Å²) in [7, 11) is 4.07. The number of carbonyl (C=O) groups excluding carboxylic acids is 1. The van der Waals surface area contributed by atoms with E-state index in [-0.39, 0.29) is 35.7 Å². The average Bonchev–Trinajstić information content (AvgIpc) is 2.94. The van der Waals surface area contributed by atoms with Crippen LogP contribution in [0.25, 0.3) is 0 Å². The van der Waals surface area contributed by atoms with Crippen LogP contribution < -0.4 is 0 Å². The molecule has 0 spiro atoms. The molecular weight excluding hydrogens is 621 g/mol. The van der Waals surface area contributed by atoms with Crippen molar-refractivity contribution in [2.75, 3.05) is 14.1 Å². The summed E-state index contributed by atoms with van der Waals surface area (Å²) in [5.41, 5.74) is 0. The van der Waals surface area contributed by atoms with E-state index in [1.807, 2.05) is 34.9 Å². The van der Waals surface area contributed by atoms with Gasteiger partial charge in [-0.25, -0.2) is 0 Å². The normalized spacial score (nSPS) is 29.5. The van der Waals surface area contributed by atoms with Crippen LogP contribution in [-0.4, -0.2) is 81.8 Å². The first-order valence-electron chi connectivity index (χ1n) is 18.1. The van der Waals surface area contributed by atoms with Crippen LogP contribution in [0.1, 0.15) is 133 Å². The summed E-state index contributed by atoms with van der Waals surface area (Å²) >= 11 is 2.85. The van der Waals surface area contributed by atoms with Gasteiger partial charge in [0.15, 0.2) is 6.29 Å². The van der Waals surface area contributed by atoms with E-state index in [0.29, 0.717) is 42.1 Å². The van der Waals surface area contributed by atoms with Crippen molar-refractivity contribution in [3.8, 4) is 0 Å². The SMILES string of the molecule is CC1CC(N(C)C)CC(O)O1.CCC[C@@H](C)[C](=[V])[C@H](C)CC(C)CC(C)C(OC1CC(C)C[C@@H](C)C1)C(C)C(=O)OC(O)CC.O. The molecule has 2 aliphatic rings. The van der Waals surface area contributed by atoms with E-state index in [1.165, 1.54) is 19.3 Å². The third-order valence-corrected chi connectivity index (χ3v) is 11.3. The molecule has 1 aliphatic heterocycles. The molecule has 4 N–H and O–H groups in total. The number of rotatable bonds is 16. The quantitative estimate of drug-likeness (QED) is 0.139. The second kappa shape index (κ2) is 23.2. The fourth-order valence-electron chi connectivity index (χ4n) is 7.58. The Morgan fingerprint density at radius 3 is 2.02 bits per heavy atom. The third-order valence-electron chi connectivity index (χ3n) is 9.97. The van der Waals surface area contributed by atoms with Crippen molar-refractivity contribution in [2.24, 2.45) is 41.4 Å². The Hall–Kier alpha value is -0.316. The first-order valence-corrected chi connectivity index (χ1v) is 18.8. The molecule has 2 rings (SSSR count). The Morgan fingerprint density at radius 2 is 1.52 bits per heavy atom. The van der Waals surface area contributed by atoms with E-state index in [4.69, 9.17) is 14.2 Å². The van der Waals surface area contributed by atoms with Gasteiger partial charge in [-0.1, -0.05) is 6.92 Å². The minimum absolute atomic E-state index is 0. The van der Waals surface area contributed by atoms with Crippen LogP contribution in [0.4, 0.5) is 0 Å². The van der Waals surface area contributed by atoms with Gasteiger partial charge in [-0.05, 0) is 27.4 Å². The molecule has 9 heteroatoms. The van der Waals surface area contributed by atoms with Crippen LogP contribution in [0.3, 0.4) is 0 Å². The molecule has 1 aliphatic carbocycles. The molecule has 0 aromatic heterocycles. The van der Waals surface area contributed by atoms with Gasteiger partial charge in [0, 0.05) is 12.5 Å². The Kier molecular flexibility index (Phi) is 23.0. The zero-order valence-electron chi connectivity index (χ0n) is 31.5. The standard InChI is InChI=1S/C29H54O4.C8H17NO2.H2O.V/c1-10-12-19(3)13-20(4)14-21(5)16-24(8)28(25(9)29(31)33-27(30)11-2)32-26-17-22(6)15-23(7)18-26;1-6-4-7(9(2)3)5-8(10)11-6;;/h19-28,30H,10-12,14-18H2,1-9H3;6-8,10H,4-5H2,1-3H3;1H2;/t19-,20+,21?,22-,23?,24?,25?,26?,27?,28?;;;/m1.../s1. The minimum atomic E-state index is -1.04. The molecule has 0 aromatic carbocycles. The maximum atomic E-state index is 12.9. The first-order chi connectivity index (χ1) is 21.0. The van der Waals surface area contributed by atoms with Gasteiger partial charge in [-0.3, -0.25) is 0 Å². The van der Waals surface area contributed by atoms with Crippen LogP contribution >= 0.6 is 0 Å². The fourth-order valence-corrected chi connectivity index (χ4v) is 7.95. The van der Waals surface area contributed by atoms with E-state index in [2.05, 4.69) is 70.3 Å². The third kappa shape index (κ3) is 16.9. The Morgan fingerprint density at radius 1 is 0.935 bits per heavy atom. The summed E-state index contributed by atoms with van der Waals surface area (Å²) < 4.78 is 18.8. The van der Waals surface area contributed by atoms with Gasteiger partial charge in [-0.15, -0.1) is 0 Å². The molecular formula is C37H73NO7V. The van der Waals surface area contributed by atoms with Gasteiger partial charge < -0.3 is 20.2 Å². The molecule has 273 valence electrons. The molecule has 10 unspecified atom stereocenters. The molecule has 2 fully saturated rings. The summed E-state index contributed by atoms with van der Waals surface area (Å²) in [6.45, 7) is 21.9. The minimum Gasteiger partial charge on any atom is -0.412 e. The topological polar surface area (TPSA) is 120 Å². The van der Waals surface area contributed by atoms with Crippen LogP contribution in [0, 0.1) is 41.4 Å². The van der Waals surface area contributed by atoms with E-state index < -0.39 is 18.5 Å². The molecule has 0 aromatic rings. The molecule has 0 amide bonds. The van der Waals surface area contributed by atoms with Crippen molar-refractivity contribution in [3.63, 3.8) is 0 Å². The van der Waals surface area contributed by atoms with Crippen molar-refractivity contribution in [1.29, 1.82) is 0 Å². The monoisotopic (exact) mass is 694 g/mol. The second-order valence-corrected chi connectivity index (χ2v) is 16.1. The molecule has 8 nitrogen and oxygen atoms in total. The summed E-state index contributed by atoms with van der Waals surface area (Å²) in [6.07, 6.45) is 8.73. The Labute approximate surface area is 291 Å². The van der Waals surface area contributed by atoms with E-state index in [9.17, 15) is 15.0 Å². The number of aliphatic hydroxyl groups excluding tert-OH is 2. The number of carbonyl (C=O) groups is 1. The predicted molar refractivity (Wildman–Crippen MR) is 185 cm³/mol. The number of nitrogens with zero attached hydrogens (tertiary/aromatic N) is 1. The van der Waals surface area contributed by atoms with Crippen molar-refractivity contribution in [3.05, 3.63) is 0 Å². The fraction of sp³-hybridized carbons (Fsp3) is 0.946. The van der Waals surface area contributed by atoms with Gasteiger partial charge in [-0.2, -0.15) is 0 Å². The molecule has 1 heterocycles. The van der Waals surface area contributed by atoms with Gasteiger partial charge in [0.25, 0.3) is 0 Å². The zero-order chi connectivity index (χ0) is 34.4. The first kappa shape index (κ1) is 45.7. The van der Waals surface area contributed by atoms with Crippen LogP contribution in [0.2, 0.25) is 0 Å². The van der Waals surface area contributed by atoms with E-state index in [0.717, 1.165) is 38.5 Å². The smallest absolute Gasteiger partial charge is 0.412 e. The maximum absolute atomic E-state index is 12.9. The summed E-state index contributed by atoms with van der Waals surface area (Å²) in [5.74, 6) is 2.55. The molecule has 1 saturated heterocycles. The van der Waals surface area contributed by atoms with Crippen molar-refractivity contribution in [1.82, 2.24) is 4.90 Å². The summed E-state index contributed by atoms with van der Waals surface area (Å²) in [4.78, 5) is 15.0. The predicted octanol–water partition coefficient (Wildman–Crippen LogP) is 6.56. The van der Waals surface area contributed by atoms with Crippen LogP contribution in [-0.2, 0) is 36.0 Å². The Bertz CT molecular complexity index is 825. The molecule has 46 heavy (non-hydrogen) atoms. The number of hydrogen-bond acceptors (Lipinski definition) is 7. The van der Waals surface area contributed by atoms with Gasteiger partial charge in [0.05, 0.1) is 6.10 Å². The van der Waals surface area contributed by atoms with Crippen LogP contribution in [0.15, 0.2) is 0 Å². The number of aliphatic hydroxyl groups is 2. The summed E-state index contributed by atoms with van der Waals surface area (Å²) in [5, 5.41) is 19.1. The molecule has 1 saturated carbocycles. The average molecular weight is 695 g/mol. The zero-order valence-corrected chi connectivity index (χ0v) is 32.9. The number of ether oxygens (including phenoxy) is 3. The molecule has 0 bridgehead atoms. The molecule has 13 atom stereocenters. The van der Waals surface area contributed by atoms with Crippen molar-refractivity contribution < 1.29 is 51.7 Å². The van der Waals surface area contributed by atoms with Crippen LogP contribution in [0.5, 0.6) is 0 Å². The molecule has 0 radical (unpaired) electrons. The summed E-state index contributed by atoms with van der Waals surface area (Å²) in [6, 6.07) is 0.466. The van der Waals surface area contributed by atoms with Gasteiger partial charge in [0.1, 0.15) is 0 Å². The van der Waals surface area contributed by atoms with Gasteiger partial charge >= 0.3 is 213 Å². The van der Waals surface area contributed by atoms with E-state index in [1.54, 1.807) is 4.23 Å².